The van der Waals surface area contributed by atoms with E-state index < -0.39 is 35.4 Å². The van der Waals surface area contributed by atoms with Crippen molar-refractivity contribution in [2.24, 2.45) is 0 Å². The van der Waals surface area contributed by atoms with Gasteiger partial charge < -0.3 is 114 Å². The van der Waals surface area contributed by atoms with Gasteiger partial charge in [-0.2, -0.15) is 10.0 Å². The van der Waals surface area contributed by atoms with E-state index in [4.69, 9.17) is 114 Å². The Morgan fingerprint density at radius 2 is 0.433 bits per heavy atom. The number of hydrazine groups is 2. The summed E-state index contributed by atoms with van der Waals surface area (Å²) >= 11 is 0. The third-order valence-electron chi connectivity index (χ3n) is 14.6. The van der Waals surface area contributed by atoms with Crippen molar-refractivity contribution in [1.29, 1.82) is 0 Å². The van der Waals surface area contributed by atoms with Gasteiger partial charge in [0.05, 0.1) is 220 Å². The molecule has 0 atom stereocenters. The van der Waals surface area contributed by atoms with Crippen LogP contribution >= 0.6 is 0 Å². The van der Waals surface area contributed by atoms with Crippen LogP contribution in [0.1, 0.15) is 62.1 Å². The van der Waals surface area contributed by atoms with Gasteiger partial charge in [-0.15, -0.1) is 0 Å². The number of ether oxygens (including phenoxy) is 24. The van der Waals surface area contributed by atoms with E-state index in [-0.39, 0.29) is 198 Å². The first-order valence-corrected chi connectivity index (χ1v) is 34.0. The minimum atomic E-state index is -1.00. The lowest BCUT2D eigenvalue weighted by atomic mass is 9.86. The monoisotopic (exact) mass is 1480 g/mol. The van der Waals surface area contributed by atoms with Crippen molar-refractivity contribution in [3.05, 3.63) is 81.9 Å². The number of hydrogen-bond donors (Lipinski definition) is 2. The van der Waals surface area contributed by atoms with E-state index in [9.17, 15) is 28.8 Å². The molecule has 0 saturated carbocycles. The number of carbonyl (C=O) groups excluding carboxylic acids is 6. The van der Waals surface area contributed by atoms with Gasteiger partial charge in [0.2, 0.25) is 11.5 Å². The fourth-order valence-corrected chi connectivity index (χ4v) is 9.57. The molecule has 4 aromatic rings. The van der Waals surface area contributed by atoms with Crippen LogP contribution in [0.3, 0.4) is 0 Å². The van der Waals surface area contributed by atoms with Crippen LogP contribution in [0.25, 0.3) is 10.8 Å². The zero-order chi connectivity index (χ0) is 74.2. The van der Waals surface area contributed by atoms with E-state index in [0.29, 0.717) is 129 Å². The molecule has 0 unspecified atom stereocenters. The van der Waals surface area contributed by atoms with E-state index in [1.165, 1.54) is 48.5 Å². The van der Waals surface area contributed by atoms with Crippen molar-refractivity contribution in [1.82, 2.24) is 20.9 Å². The lowest BCUT2D eigenvalue weighted by Crippen LogP contribution is -2.53. The second-order valence-corrected chi connectivity index (χ2v) is 21.8. The first-order valence-electron chi connectivity index (χ1n) is 34.0. The Morgan fingerprint density at radius 1 is 0.260 bits per heavy atom. The molecule has 580 valence electrons. The topological polar surface area (TPSA) is 354 Å². The summed E-state index contributed by atoms with van der Waals surface area (Å²) in [6.45, 7) is 8.54. The maximum absolute atomic E-state index is 14.6. The highest BCUT2D eigenvalue weighted by Gasteiger charge is 2.42. The highest BCUT2D eigenvalue weighted by Crippen LogP contribution is 2.42. The second kappa shape index (κ2) is 51.6. The van der Waals surface area contributed by atoms with E-state index in [0.717, 1.165) is 0 Å². The molecule has 2 aliphatic heterocycles. The average Bonchev–Trinajstić information content (AvgIpc) is 0.713. The zero-order valence-electron chi connectivity index (χ0n) is 60.2. The smallest absolute Gasteiger partial charge is 0.280 e. The van der Waals surface area contributed by atoms with Crippen LogP contribution in [0.15, 0.2) is 48.5 Å². The van der Waals surface area contributed by atoms with Crippen molar-refractivity contribution in [3.8, 4) is 34.5 Å². The van der Waals surface area contributed by atoms with E-state index in [1.807, 2.05) is 0 Å². The summed E-state index contributed by atoms with van der Waals surface area (Å²) in [4.78, 5) is 87.8. The molecule has 0 fully saturated rings. The summed E-state index contributed by atoms with van der Waals surface area (Å²) in [7, 11) is 9.43. The van der Waals surface area contributed by atoms with Crippen LogP contribution < -0.4 is 39.3 Å². The predicted octanol–water partition coefficient (Wildman–Crippen LogP) is 3.07. The van der Waals surface area contributed by atoms with Crippen LogP contribution in [0, 0.1) is 0 Å². The lowest BCUT2D eigenvalue weighted by Gasteiger charge is -2.31. The van der Waals surface area contributed by atoms with Gasteiger partial charge >= 0.3 is 0 Å². The summed E-state index contributed by atoms with van der Waals surface area (Å²) in [6, 6.07) is 10.5. The second-order valence-electron chi connectivity index (χ2n) is 21.8. The molecule has 0 saturated heterocycles. The van der Waals surface area contributed by atoms with Crippen LogP contribution in [-0.4, -0.2) is 326 Å². The van der Waals surface area contributed by atoms with Crippen LogP contribution in [0.5, 0.6) is 34.5 Å². The molecule has 0 radical (unpaired) electrons. The van der Waals surface area contributed by atoms with Crippen molar-refractivity contribution < 1.29 is 142 Å². The number of nitrogens with one attached hydrogen (secondary N) is 2. The van der Waals surface area contributed by atoms with Crippen molar-refractivity contribution >= 4 is 46.2 Å². The Labute approximate surface area is 604 Å². The van der Waals surface area contributed by atoms with Gasteiger partial charge in [0, 0.05) is 64.6 Å². The molecular formula is C70H100N4O30. The van der Waals surface area contributed by atoms with E-state index in [1.54, 1.807) is 42.7 Å². The molecule has 0 spiro atoms. The number of rotatable bonds is 64. The molecular weight excluding hydrogens is 1380 g/mol. The van der Waals surface area contributed by atoms with Gasteiger partial charge in [0.15, 0.2) is 23.0 Å². The molecule has 0 aliphatic carbocycles. The molecule has 34 heteroatoms. The van der Waals surface area contributed by atoms with E-state index >= 15 is 0 Å². The molecule has 34 nitrogen and oxygen atoms in total. The minimum absolute atomic E-state index is 0.00281. The van der Waals surface area contributed by atoms with Crippen molar-refractivity contribution in [2.45, 2.75) is 0 Å². The maximum Gasteiger partial charge on any atom is 0.280 e. The Bertz CT molecular complexity index is 2840. The van der Waals surface area contributed by atoms with Gasteiger partial charge in [-0.25, -0.2) is 0 Å². The Balaban J connectivity index is 1.23. The summed E-state index contributed by atoms with van der Waals surface area (Å²) in [5.41, 5.74) is 4.04. The molecule has 4 aromatic carbocycles. The highest BCUT2D eigenvalue weighted by molar-refractivity contribution is 6.33. The third kappa shape index (κ3) is 29.1. The van der Waals surface area contributed by atoms with E-state index in [2.05, 4.69) is 10.9 Å². The van der Waals surface area contributed by atoms with Crippen molar-refractivity contribution in [3.63, 3.8) is 0 Å². The quantitative estimate of drug-likeness (QED) is 0.0474. The van der Waals surface area contributed by atoms with Crippen molar-refractivity contribution in [2.75, 3.05) is 281 Å². The van der Waals surface area contributed by atoms with Crippen LogP contribution in [0.4, 0.5) is 0 Å². The molecule has 6 amide bonds. The molecule has 2 aliphatic rings. The highest BCUT2D eigenvalue weighted by atomic mass is 16.6. The number of imide groups is 2. The summed E-state index contributed by atoms with van der Waals surface area (Å²) in [5.74, 6) is -5.65. The Kier molecular flexibility index (Phi) is 42.4. The first kappa shape index (κ1) is 85.4. The van der Waals surface area contributed by atoms with Gasteiger partial charge in [0.1, 0.15) is 39.6 Å². The number of nitrogens with zero attached hydrogens (tertiary/aromatic N) is 2. The Hall–Kier alpha value is -7.56. The SMILES string of the molecule is COCCOCCOCCOc1cc(C(=O)NN2C(=O)c3ccc4c5c(ccc(c35)C2=O)C(=O)N(NC(=O)c2cc(OCCOCCOCCOC)c(OCCOCCOCCOC)c(OCCOCCOCCOC)c2)C4=O)cc(OCCOCCOCCOC)c1OCCOCCOCCOC. The third-order valence-corrected chi connectivity index (χ3v) is 14.6. The van der Waals surface area contributed by atoms with Gasteiger partial charge in [-0.1, -0.05) is 0 Å². The number of methoxy groups -OCH3 is 6. The molecule has 104 heavy (non-hydrogen) atoms. The molecule has 2 N–H and O–H groups in total. The number of amides is 6. The van der Waals surface area contributed by atoms with Crippen LogP contribution in [-0.2, 0) is 85.3 Å². The first-order chi connectivity index (χ1) is 51.0. The Morgan fingerprint density at radius 3 is 0.625 bits per heavy atom. The van der Waals surface area contributed by atoms with Crippen LogP contribution in [0.2, 0.25) is 0 Å². The normalized spacial score (nSPS) is 12.6. The minimum Gasteiger partial charge on any atom is -0.487 e. The fraction of sp³-hybridized carbons (Fsp3) is 0.600. The summed E-state index contributed by atoms with van der Waals surface area (Å²) < 4.78 is 135. The molecule has 0 aromatic heterocycles. The molecule has 6 rings (SSSR count). The molecule has 2 heterocycles. The van der Waals surface area contributed by atoms with Gasteiger partial charge in [-0.05, 0) is 48.5 Å². The average molecular weight is 1480 g/mol. The fourth-order valence-electron chi connectivity index (χ4n) is 9.57. The standard InChI is InChI=1S/C70H100N4O30/c1-81-11-17-87-23-29-93-35-41-99-57-47-51(48-58(100-42-36-94-30-24-88-18-12-82-2)63(57)103-45-39-97-33-27-91-21-15-85-5)65(75)71-73-67(77)53-7-9-55-62-56(10-8-54(61(53)62)68(73)78)70(80)74(69(55)79)72-66(76)52-49-59(101-43-37-95-31-25-89-19-13-83-3)64(104-46-40-98-34-28-92-22-16-86-6)60(50-52)102-44-38-96-32-26-90-20-14-84-4/h7-10,47-50H,11-46H2,1-6H3,(H,71,75)(H,72,76). The van der Waals surface area contributed by atoms with Gasteiger partial charge in [-0.3, -0.25) is 39.6 Å². The number of carbonyl (C=O) groups is 6. The zero-order valence-corrected chi connectivity index (χ0v) is 60.2. The summed E-state index contributed by atoms with van der Waals surface area (Å²) in [6.07, 6.45) is 0. The maximum atomic E-state index is 14.6. The van der Waals surface area contributed by atoms with Gasteiger partial charge in [0.25, 0.3) is 35.4 Å². The summed E-state index contributed by atoms with van der Waals surface area (Å²) in [5, 5.41) is 0.970. The molecule has 0 bridgehead atoms. The predicted molar refractivity (Wildman–Crippen MR) is 367 cm³/mol. The number of hydrogen-bond acceptors (Lipinski definition) is 30. The largest absolute Gasteiger partial charge is 0.487 e. The number of benzene rings is 4. The lowest BCUT2D eigenvalue weighted by molar-refractivity contribution is 0.0146.